The lowest BCUT2D eigenvalue weighted by Crippen LogP contribution is -2.19. The van der Waals surface area contributed by atoms with Crippen molar-refractivity contribution < 1.29 is 4.79 Å². The number of halogens is 1. The van der Waals surface area contributed by atoms with Crippen molar-refractivity contribution in [2.24, 2.45) is 7.05 Å². The van der Waals surface area contributed by atoms with Crippen LogP contribution in [0.2, 0.25) is 5.15 Å². The number of nitrogens with one attached hydrogen (secondary N) is 1. The fourth-order valence-electron chi connectivity index (χ4n) is 1.23. The second-order valence-corrected chi connectivity index (χ2v) is 3.50. The predicted molar refractivity (Wildman–Crippen MR) is 60.7 cm³/mol. The van der Waals surface area contributed by atoms with Crippen LogP contribution < -0.4 is 5.32 Å². The molecule has 0 aliphatic rings. The SMILES string of the molecule is CCNC(=O)/C=C/c1c(C)nn(C)c1Cl. The van der Waals surface area contributed by atoms with Gasteiger partial charge in [0.1, 0.15) is 5.15 Å². The summed E-state index contributed by atoms with van der Waals surface area (Å²) in [7, 11) is 1.76. The molecule has 0 radical (unpaired) electrons. The van der Waals surface area contributed by atoms with E-state index < -0.39 is 0 Å². The molecule has 0 aliphatic carbocycles. The Morgan fingerprint density at radius 1 is 1.67 bits per heavy atom. The number of aryl methyl sites for hydroxylation is 2. The molecule has 0 unspecified atom stereocenters. The Labute approximate surface area is 93.9 Å². The van der Waals surface area contributed by atoms with Gasteiger partial charge in [0.05, 0.1) is 5.69 Å². The highest BCUT2D eigenvalue weighted by molar-refractivity contribution is 6.31. The molecule has 4 nitrogen and oxygen atoms in total. The Bertz CT molecular complexity index is 396. The first kappa shape index (κ1) is 11.8. The first-order valence-electron chi connectivity index (χ1n) is 4.71. The molecule has 1 aromatic heterocycles. The van der Waals surface area contributed by atoms with Gasteiger partial charge < -0.3 is 5.32 Å². The van der Waals surface area contributed by atoms with E-state index in [1.54, 1.807) is 17.8 Å². The lowest BCUT2D eigenvalue weighted by molar-refractivity contribution is -0.116. The van der Waals surface area contributed by atoms with Crippen molar-refractivity contribution in [1.82, 2.24) is 15.1 Å². The maximum absolute atomic E-state index is 11.2. The van der Waals surface area contributed by atoms with Crippen molar-refractivity contribution in [3.63, 3.8) is 0 Å². The van der Waals surface area contributed by atoms with E-state index in [-0.39, 0.29) is 5.91 Å². The van der Waals surface area contributed by atoms with Crippen LogP contribution in [0.3, 0.4) is 0 Å². The normalized spacial score (nSPS) is 10.9. The summed E-state index contributed by atoms with van der Waals surface area (Å²) < 4.78 is 1.58. The Morgan fingerprint density at radius 2 is 2.33 bits per heavy atom. The third kappa shape index (κ3) is 2.83. The van der Waals surface area contributed by atoms with Crippen molar-refractivity contribution in [2.45, 2.75) is 13.8 Å². The first-order valence-corrected chi connectivity index (χ1v) is 5.09. The van der Waals surface area contributed by atoms with Crippen molar-refractivity contribution in [1.29, 1.82) is 0 Å². The van der Waals surface area contributed by atoms with E-state index in [9.17, 15) is 4.79 Å². The maximum atomic E-state index is 11.2. The number of hydrogen-bond acceptors (Lipinski definition) is 2. The van der Waals surface area contributed by atoms with Gasteiger partial charge in [0.25, 0.3) is 0 Å². The lowest BCUT2D eigenvalue weighted by atomic mass is 10.2. The zero-order chi connectivity index (χ0) is 11.4. The number of carbonyl (C=O) groups excluding carboxylic acids is 1. The highest BCUT2D eigenvalue weighted by atomic mass is 35.5. The van der Waals surface area contributed by atoms with Gasteiger partial charge in [-0.1, -0.05) is 11.6 Å². The number of carbonyl (C=O) groups is 1. The Kier molecular flexibility index (Phi) is 3.91. The molecule has 0 bridgehead atoms. The molecule has 0 atom stereocenters. The summed E-state index contributed by atoms with van der Waals surface area (Å²) in [5.74, 6) is -0.128. The van der Waals surface area contributed by atoms with Crippen LogP contribution in [0.25, 0.3) is 6.08 Å². The molecule has 1 rings (SSSR count). The van der Waals surface area contributed by atoms with Crippen molar-refractivity contribution in [3.8, 4) is 0 Å². The molecule has 1 aromatic rings. The molecule has 0 spiro atoms. The van der Waals surface area contributed by atoms with E-state index in [1.165, 1.54) is 6.08 Å². The van der Waals surface area contributed by atoms with Crippen LogP contribution >= 0.6 is 11.6 Å². The molecule has 1 heterocycles. The zero-order valence-corrected chi connectivity index (χ0v) is 9.80. The van der Waals surface area contributed by atoms with Crippen molar-refractivity contribution in [2.75, 3.05) is 6.54 Å². The van der Waals surface area contributed by atoms with Gasteiger partial charge in [-0.25, -0.2) is 0 Å². The summed E-state index contributed by atoms with van der Waals surface area (Å²) in [5.41, 5.74) is 1.59. The number of hydrogen-bond donors (Lipinski definition) is 1. The van der Waals surface area contributed by atoms with E-state index >= 15 is 0 Å². The highest BCUT2D eigenvalue weighted by Crippen LogP contribution is 2.19. The van der Waals surface area contributed by atoms with Crippen LogP contribution in [0, 0.1) is 6.92 Å². The maximum Gasteiger partial charge on any atom is 0.243 e. The first-order chi connectivity index (χ1) is 7.06. The summed E-state index contributed by atoms with van der Waals surface area (Å²) >= 11 is 5.99. The lowest BCUT2D eigenvalue weighted by Gasteiger charge is -1.95. The van der Waals surface area contributed by atoms with Gasteiger partial charge in [-0.05, 0) is 19.9 Å². The topological polar surface area (TPSA) is 46.9 Å². The summed E-state index contributed by atoms with van der Waals surface area (Å²) in [6.45, 7) is 4.33. The molecular weight excluding hydrogens is 214 g/mol. The largest absolute Gasteiger partial charge is 0.353 e. The van der Waals surface area contributed by atoms with Gasteiger partial charge in [0.2, 0.25) is 5.91 Å². The standard InChI is InChI=1S/C10H14ClN3O/c1-4-12-9(15)6-5-8-7(2)13-14(3)10(8)11/h5-6H,4H2,1-3H3,(H,12,15)/b6-5+. The van der Waals surface area contributed by atoms with Crippen LogP contribution in [-0.2, 0) is 11.8 Å². The van der Waals surface area contributed by atoms with Crippen LogP contribution in [-0.4, -0.2) is 22.2 Å². The summed E-state index contributed by atoms with van der Waals surface area (Å²) in [6, 6.07) is 0. The number of likely N-dealkylation sites (N-methyl/N-ethyl adjacent to an activating group) is 1. The molecular formula is C10H14ClN3O. The summed E-state index contributed by atoms with van der Waals surface area (Å²) in [4.78, 5) is 11.2. The fourth-order valence-corrected chi connectivity index (χ4v) is 1.47. The molecule has 0 saturated heterocycles. The fraction of sp³-hybridized carbons (Fsp3) is 0.400. The zero-order valence-electron chi connectivity index (χ0n) is 9.04. The molecule has 0 saturated carbocycles. The third-order valence-electron chi connectivity index (χ3n) is 1.95. The molecule has 15 heavy (non-hydrogen) atoms. The van der Waals surface area contributed by atoms with Crippen LogP contribution in [0.1, 0.15) is 18.2 Å². The molecule has 1 amide bonds. The molecule has 0 aromatic carbocycles. The summed E-state index contributed by atoms with van der Waals surface area (Å²) in [5, 5.41) is 7.34. The van der Waals surface area contributed by atoms with E-state index in [0.29, 0.717) is 11.7 Å². The average Bonchev–Trinajstić information content (AvgIpc) is 2.40. The van der Waals surface area contributed by atoms with Gasteiger partial charge in [0.15, 0.2) is 0 Å². The average molecular weight is 228 g/mol. The molecule has 5 heteroatoms. The molecule has 1 N–H and O–H groups in total. The predicted octanol–water partition coefficient (Wildman–Crippen LogP) is 1.53. The smallest absolute Gasteiger partial charge is 0.243 e. The minimum absolute atomic E-state index is 0.128. The van der Waals surface area contributed by atoms with E-state index in [1.807, 2.05) is 13.8 Å². The Morgan fingerprint density at radius 3 is 2.80 bits per heavy atom. The van der Waals surface area contributed by atoms with Crippen LogP contribution in [0.15, 0.2) is 6.08 Å². The van der Waals surface area contributed by atoms with Gasteiger partial charge >= 0.3 is 0 Å². The van der Waals surface area contributed by atoms with Crippen LogP contribution in [0.5, 0.6) is 0 Å². The molecule has 0 fully saturated rings. The van der Waals surface area contributed by atoms with Gasteiger partial charge in [-0.15, -0.1) is 0 Å². The van der Waals surface area contributed by atoms with Crippen LogP contribution in [0.4, 0.5) is 0 Å². The number of amides is 1. The van der Waals surface area contributed by atoms with Crippen molar-refractivity contribution in [3.05, 3.63) is 22.5 Å². The monoisotopic (exact) mass is 227 g/mol. The van der Waals surface area contributed by atoms with E-state index in [0.717, 1.165) is 11.3 Å². The number of rotatable bonds is 3. The third-order valence-corrected chi connectivity index (χ3v) is 2.40. The summed E-state index contributed by atoms with van der Waals surface area (Å²) in [6.07, 6.45) is 3.13. The second kappa shape index (κ2) is 4.98. The van der Waals surface area contributed by atoms with Gasteiger partial charge in [-0.2, -0.15) is 5.10 Å². The van der Waals surface area contributed by atoms with Gasteiger partial charge in [0, 0.05) is 25.2 Å². The number of aromatic nitrogens is 2. The Hall–Kier alpha value is -1.29. The molecule has 0 aliphatic heterocycles. The van der Waals surface area contributed by atoms with E-state index in [2.05, 4.69) is 10.4 Å². The minimum atomic E-state index is -0.128. The molecule has 82 valence electrons. The quantitative estimate of drug-likeness (QED) is 0.797. The van der Waals surface area contributed by atoms with E-state index in [4.69, 9.17) is 11.6 Å². The highest BCUT2D eigenvalue weighted by Gasteiger charge is 2.07. The minimum Gasteiger partial charge on any atom is -0.353 e. The Balaban J connectivity index is 2.84. The van der Waals surface area contributed by atoms with Gasteiger partial charge in [-0.3, -0.25) is 9.48 Å². The van der Waals surface area contributed by atoms with Crippen molar-refractivity contribution >= 4 is 23.6 Å². The number of nitrogens with zero attached hydrogens (tertiary/aromatic N) is 2. The second-order valence-electron chi connectivity index (χ2n) is 3.14.